The molecule has 2 amide bonds. The third-order valence-electron chi connectivity index (χ3n) is 4.87. The van der Waals surface area contributed by atoms with E-state index < -0.39 is 6.04 Å². The number of carbonyl (C=O) groups is 2. The Bertz CT molecular complexity index is 979. The number of anilines is 1. The van der Waals surface area contributed by atoms with E-state index >= 15 is 0 Å². The van der Waals surface area contributed by atoms with Crippen LogP contribution >= 0.6 is 11.3 Å². The van der Waals surface area contributed by atoms with Crippen LogP contribution in [-0.2, 0) is 9.59 Å². The molecule has 1 fully saturated rings. The van der Waals surface area contributed by atoms with Gasteiger partial charge in [0.05, 0.1) is 10.6 Å². The first-order valence-corrected chi connectivity index (χ1v) is 10.2. The lowest BCUT2D eigenvalue weighted by atomic mass is 10.0. The summed E-state index contributed by atoms with van der Waals surface area (Å²) in [5, 5.41) is 10.1. The second-order valence-corrected chi connectivity index (χ2v) is 8.21. The Morgan fingerprint density at radius 2 is 2.04 bits per heavy atom. The molecule has 144 valence electrons. The molecular weight excluding hydrogens is 372 g/mol. The number of hydrogen-bond acceptors (Lipinski definition) is 4. The smallest absolute Gasteiger partial charge is 0.253 e. The van der Waals surface area contributed by atoms with Gasteiger partial charge in [-0.3, -0.25) is 14.7 Å². The topological polar surface area (TPSA) is 78.1 Å². The number of nitrogens with zero attached hydrogens (tertiary/aromatic N) is 2. The highest BCUT2D eigenvalue weighted by molar-refractivity contribution is 7.15. The van der Waals surface area contributed by atoms with Crippen LogP contribution in [0.5, 0.6) is 0 Å². The highest BCUT2D eigenvalue weighted by Gasteiger charge is 2.33. The number of piperidine rings is 1. The molecule has 1 aliphatic heterocycles. The van der Waals surface area contributed by atoms with Crippen molar-refractivity contribution in [2.45, 2.75) is 32.2 Å². The van der Waals surface area contributed by atoms with Gasteiger partial charge in [-0.2, -0.15) is 5.10 Å². The lowest BCUT2D eigenvalue weighted by molar-refractivity contribution is -0.141. The first-order chi connectivity index (χ1) is 13.6. The number of rotatable bonds is 5. The molecule has 3 aromatic rings. The zero-order valence-corrected chi connectivity index (χ0v) is 16.5. The Balaban J connectivity index is 1.57. The summed E-state index contributed by atoms with van der Waals surface area (Å²) in [6, 6.07) is 14.7. The van der Waals surface area contributed by atoms with Gasteiger partial charge in [-0.1, -0.05) is 30.3 Å². The fourth-order valence-corrected chi connectivity index (χ4v) is 4.33. The van der Waals surface area contributed by atoms with Crippen molar-refractivity contribution in [2.75, 3.05) is 11.9 Å². The minimum Gasteiger partial charge on any atom is -0.327 e. The predicted octanol–water partition coefficient (Wildman–Crippen LogP) is 4.14. The number of aryl methyl sites for hydroxylation is 1. The lowest BCUT2D eigenvalue weighted by Gasteiger charge is -2.33. The van der Waals surface area contributed by atoms with Crippen molar-refractivity contribution in [1.29, 1.82) is 0 Å². The molecule has 0 spiro atoms. The molecule has 1 atom stereocenters. The quantitative estimate of drug-likeness (QED) is 0.683. The van der Waals surface area contributed by atoms with Gasteiger partial charge in [0.1, 0.15) is 6.04 Å². The van der Waals surface area contributed by atoms with Crippen molar-refractivity contribution in [3.8, 4) is 10.6 Å². The summed E-state index contributed by atoms with van der Waals surface area (Å²) in [5.41, 5.74) is 1.67. The summed E-state index contributed by atoms with van der Waals surface area (Å²) in [5.74, 6) is 0.227. The number of likely N-dealkylation sites (tertiary alicyclic amines) is 1. The highest BCUT2D eigenvalue weighted by Crippen LogP contribution is 2.29. The number of nitrogens with one attached hydrogen (secondary N) is 2. The molecular formula is C21H22N4O2S. The summed E-state index contributed by atoms with van der Waals surface area (Å²) >= 11 is 1.66. The molecule has 2 aromatic heterocycles. The van der Waals surface area contributed by atoms with Crippen LogP contribution in [0, 0.1) is 6.92 Å². The van der Waals surface area contributed by atoms with Gasteiger partial charge in [-0.25, -0.2) is 0 Å². The third-order valence-corrected chi connectivity index (χ3v) is 5.90. The van der Waals surface area contributed by atoms with Crippen LogP contribution in [0.2, 0.25) is 0 Å². The molecule has 28 heavy (non-hydrogen) atoms. The van der Waals surface area contributed by atoms with Crippen LogP contribution < -0.4 is 5.32 Å². The summed E-state index contributed by atoms with van der Waals surface area (Å²) in [6.07, 6.45) is 2.27. The number of H-pyrrole nitrogens is 1. The van der Waals surface area contributed by atoms with Crippen LogP contribution in [0.4, 0.5) is 5.82 Å². The highest BCUT2D eigenvalue weighted by atomic mass is 32.1. The first-order valence-electron chi connectivity index (χ1n) is 9.39. The van der Waals surface area contributed by atoms with E-state index in [2.05, 4.69) is 15.5 Å². The number of benzene rings is 1. The second kappa shape index (κ2) is 7.98. The van der Waals surface area contributed by atoms with E-state index in [0.29, 0.717) is 18.8 Å². The van der Waals surface area contributed by atoms with E-state index in [0.717, 1.165) is 29.0 Å². The summed E-state index contributed by atoms with van der Waals surface area (Å²) in [4.78, 5) is 29.6. The molecule has 0 radical (unpaired) electrons. The minimum absolute atomic E-state index is 0.0204. The standard InChI is InChI=1S/C21H22N4O2S/c1-14-10-11-17(28-14)16-13-18(24-23-16)22-21(27)20(15-7-3-2-4-8-15)25-12-6-5-9-19(25)26/h2-4,7-8,10-11,13,20H,5-6,9,12H2,1H3,(H2,22,23,24,27). The Labute approximate surface area is 167 Å². The zero-order valence-electron chi connectivity index (χ0n) is 15.6. The van der Waals surface area contributed by atoms with Gasteiger partial charge in [0.2, 0.25) is 5.91 Å². The Hall–Kier alpha value is -2.93. The van der Waals surface area contributed by atoms with Crippen LogP contribution in [-0.4, -0.2) is 33.5 Å². The number of carbonyl (C=O) groups excluding carboxylic acids is 2. The molecule has 2 N–H and O–H groups in total. The van der Waals surface area contributed by atoms with E-state index in [4.69, 9.17) is 0 Å². The minimum atomic E-state index is -0.655. The van der Waals surface area contributed by atoms with Crippen molar-refractivity contribution in [1.82, 2.24) is 15.1 Å². The van der Waals surface area contributed by atoms with E-state index in [-0.39, 0.29) is 11.8 Å². The largest absolute Gasteiger partial charge is 0.327 e. The number of hydrogen-bond donors (Lipinski definition) is 2. The van der Waals surface area contributed by atoms with E-state index in [1.807, 2.05) is 55.5 Å². The SMILES string of the molecule is Cc1ccc(-c2cc(NC(=O)C(c3ccccc3)N3CCCCC3=O)n[nH]2)s1. The van der Waals surface area contributed by atoms with E-state index in [1.165, 1.54) is 4.88 Å². The molecule has 6 nitrogen and oxygen atoms in total. The van der Waals surface area contributed by atoms with Gasteiger partial charge in [0.25, 0.3) is 5.91 Å². The molecule has 3 heterocycles. The van der Waals surface area contributed by atoms with Gasteiger partial charge in [0.15, 0.2) is 5.82 Å². The zero-order chi connectivity index (χ0) is 19.5. The van der Waals surface area contributed by atoms with Crippen LogP contribution in [0.25, 0.3) is 10.6 Å². The van der Waals surface area contributed by atoms with Gasteiger partial charge < -0.3 is 10.2 Å². The monoisotopic (exact) mass is 394 g/mol. The van der Waals surface area contributed by atoms with Gasteiger partial charge >= 0.3 is 0 Å². The van der Waals surface area contributed by atoms with Gasteiger partial charge in [0, 0.05) is 23.9 Å². The molecule has 4 rings (SSSR count). The maximum absolute atomic E-state index is 13.2. The summed E-state index contributed by atoms with van der Waals surface area (Å²) in [6.45, 7) is 2.64. The lowest BCUT2D eigenvalue weighted by Crippen LogP contribution is -2.43. The number of aromatic nitrogens is 2. The molecule has 1 unspecified atom stereocenters. The maximum Gasteiger partial charge on any atom is 0.253 e. The van der Waals surface area contributed by atoms with Crippen molar-refractivity contribution < 1.29 is 9.59 Å². The van der Waals surface area contributed by atoms with Gasteiger partial charge in [-0.05, 0) is 37.5 Å². The van der Waals surface area contributed by atoms with Crippen LogP contribution in [0.1, 0.15) is 35.7 Å². The van der Waals surface area contributed by atoms with Gasteiger partial charge in [-0.15, -0.1) is 11.3 Å². The molecule has 1 saturated heterocycles. The summed E-state index contributed by atoms with van der Waals surface area (Å²) in [7, 11) is 0. The number of amides is 2. The Kier molecular flexibility index (Phi) is 5.25. The van der Waals surface area contributed by atoms with Crippen molar-refractivity contribution in [2.24, 2.45) is 0 Å². The van der Waals surface area contributed by atoms with Crippen LogP contribution in [0.15, 0.2) is 48.5 Å². The van der Waals surface area contributed by atoms with Crippen LogP contribution in [0.3, 0.4) is 0 Å². The molecule has 0 aliphatic carbocycles. The predicted molar refractivity (Wildman–Crippen MR) is 110 cm³/mol. The maximum atomic E-state index is 13.2. The van der Waals surface area contributed by atoms with Crippen molar-refractivity contribution >= 4 is 29.0 Å². The summed E-state index contributed by atoms with van der Waals surface area (Å²) < 4.78 is 0. The third kappa shape index (κ3) is 3.84. The molecule has 0 bridgehead atoms. The molecule has 0 saturated carbocycles. The van der Waals surface area contributed by atoms with Crippen molar-refractivity contribution in [3.05, 3.63) is 59.0 Å². The average Bonchev–Trinajstić information content (AvgIpc) is 3.33. The Morgan fingerprint density at radius 1 is 1.21 bits per heavy atom. The van der Waals surface area contributed by atoms with E-state index in [9.17, 15) is 9.59 Å². The molecule has 1 aromatic carbocycles. The van der Waals surface area contributed by atoms with Crippen molar-refractivity contribution in [3.63, 3.8) is 0 Å². The number of aromatic amines is 1. The normalized spacial score (nSPS) is 15.5. The molecule has 1 aliphatic rings. The molecule has 7 heteroatoms. The fourth-order valence-electron chi connectivity index (χ4n) is 3.49. The Morgan fingerprint density at radius 3 is 2.75 bits per heavy atom. The second-order valence-electron chi connectivity index (χ2n) is 6.92. The average molecular weight is 395 g/mol. The fraction of sp³-hybridized carbons (Fsp3) is 0.286. The first kappa shape index (κ1) is 18.4. The van der Waals surface area contributed by atoms with E-state index in [1.54, 1.807) is 16.2 Å². The number of thiophene rings is 1.